The van der Waals surface area contributed by atoms with Gasteiger partial charge in [-0.25, -0.2) is 0 Å². The first-order valence-corrected chi connectivity index (χ1v) is 16.6. The van der Waals surface area contributed by atoms with Crippen LogP contribution in [0.4, 0.5) is 0 Å². The van der Waals surface area contributed by atoms with Crippen molar-refractivity contribution in [1.29, 1.82) is 0 Å². The predicted molar refractivity (Wildman–Crippen MR) is 186 cm³/mol. The van der Waals surface area contributed by atoms with E-state index in [-0.39, 0.29) is 40.2 Å². The number of phenols is 7. The Kier molecular flexibility index (Phi) is 6.76. The molecule has 9 nitrogen and oxygen atoms in total. The third-order valence-electron chi connectivity index (χ3n) is 10.5. The van der Waals surface area contributed by atoms with Gasteiger partial charge in [0.05, 0.1) is 11.8 Å². The summed E-state index contributed by atoms with van der Waals surface area (Å²) < 4.78 is 13.6. The first-order chi connectivity index (χ1) is 24.6. The Bertz CT molecular complexity index is 2310. The monoisotopic (exact) mass is 680 g/mol. The number of fused-ring (bicyclic) bond motifs is 4. The van der Waals surface area contributed by atoms with Crippen molar-refractivity contribution in [2.24, 2.45) is 0 Å². The van der Waals surface area contributed by atoms with Gasteiger partial charge >= 0.3 is 0 Å². The van der Waals surface area contributed by atoms with Gasteiger partial charge in [-0.1, -0.05) is 36.4 Å². The summed E-state index contributed by atoms with van der Waals surface area (Å²) in [6, 6.07) is 29.7. The molecule has 0 fully saturated rings. The van der Waals surface area contributed by atoms with Crippen LogP contribution in [0, 0.1) is 0 Å². The molecule has 1 aliphatic carbocycles. The highest BCUT2D eigenvalue weighted by Crippen LogP contribution is 2.63. The van der Waals surface area contributed by atoms with E-state index in [9.17, 15) is 35.7 Å². The largest absolute Gasteiger partial charge is 0.508 e. The SMILES string of the molecule is Oc1ccc([C@@H]2Cc3c4c(cc5c3[C@@H](c3cc(O)cc(O)c3)[C@H](c3ccc(O)cc3)O5)O[C@H](c3ccc(O)cc3)[C@H]4c3cc(O)cc(O)c32)cc1. The number of hydrogen-bond donors (Lipinski definition) is 7. The smallest absolute Gasteiger partial charge is 0.135 e. The van der Waals surface area contributed by atoms with Crippen molar-refractivity contribution < 1.29 is 45.2 Å². The third-order valence-corrected chi connectivity index (χ3v) is 10.5. The number of benzene rings is 6. The molecule has 2 heterocycles. The van der Waals surface area contributed by atoms with Gasteiger partial charge in [0.15, 0.2) is 0 Å². The van der Waals surface area contributed by atoms with Crippen LogP contribution < -0.4 is 9.47 Å². The molecule has 0 bridgehead atoms. The fourth-order valence-electron chi connectivity index (χ4n) is 8.41. The van der Waals surface area contributed by atoms with Gasteiger partial charge in [0.1, 0.15) is 64.0 Å². The van der Waals surface area contributed by atoms with Gasteiger partial charge in [-0.3, -0.25) is 0 Å². The highest BCUT2D eigenvalue weighted by atomic mass is 16.5. The molecule has 0 saturated carbocycles. The van der Waals surface area contributed by atoms with E-state index in [1.807, 2.05) is 18.2 Å². The Morgan fingerprint density at radius 3 is 1.43 bits per heavy atom. The summed E-state index contributed by atoms with van der Waals surface area (Å²) in [7, 11) is 0. The minimum absolute atomic E-state index is 0.0851. The Balaban J connectivity index is 1.35. The van der Waals surface area contributed by atoms with E-state index < -0.39 is 30.0 Å². The summed E-state index contributed by atoms with van der Waals surface area (Å²) in [4.78, 5) is 0. The maximum atomic E-state index is 11.7. The molecule has 254 valence electrons. The number of hydrogen-bond acceptors (Lipinski definition) is 9. The molecule has 2 aliphatic heterocycles. The van der Waals surface area contributed by atoms with E-state index in [0.29, 0.717) is 34.6 Å². The van der Waals surface area contributed by atoms with Gasteiger partial charge in [0.2, 0.25) is 0 Å². The zero-order chi connectivity index (χ0) is 35.1. The maximum absolute atomic E-state index is 11.7. The Labute approximate surface area is 292 Å². The zero-order valence-electron chi connectivity index (χ0n) is 26.9. The molecule has 9 rings (SSSR count). The van der Waals surface area contributed by atoms with Crippen molar-refractivity contribution in [2.75, 3.05) is 0 Å². The molecule has 0 unspecified atom stereocenters. The van der Waals surface area contributed by atoms with Crippen LogP contribution in [0.5, 0.6) is 51.7 Å². The lowest BCUT2D eigenvalue weighted by Gasteiger charge is -2.25. The van der Waals surface area contributed by atoms with Crippen LogP contribution in [0.15, 0.2) is 109 Å². The summed E-state index contributed by atoms with van der Waals surface area (Å²) >= 11 is 0. The minimum atomic E-state index is -0.623. The van der Waals surface area contributed by atoms with Crippen molar-refractivity contribution in [2.45, 2.75) is 36.4 Å². The first kappa shape index (κ1) is 30.6. The van der Waals surface area contributed by atoms with E-state index in [4.69, 9.17) is 9.47 Å². The predicted octanol–water partition coefficient (Wildman–Crippen LogP) is 7.85. The van der Waals surface area contributed by atoms with Crippen LogP contribution in [-0.2, 0) is 6.42 Å². The molecule has 7 N–H and O–H groups in total. The Morgan fingerprint density at radius 1 is 0.412 bits per heavy atom. The molecule has 5 atom stereocenters. The molecule has 0 aromatic heterocycles. The van der Waals surface area contributed by atoms with Crippen molar-refractivity contribution >= 4 is 0 Å². The van der Waals surface area contributed by atoms with E-state index in [0.717, 1.165) is 33.4 Å². The molecule has 51 heavy (non-hydrogen) atoms. The number of ether oxygens (including phenoxy) is 2. The first-order valence-electron chi connectivity index (χ1n) is 16.6. The average Bonchev–Trinajstić information content (AvgIpc) is 3.62. The quantitative estimate of drug-likeness (QED) is 0.0984. The minimum Gasteiger partial charge on any atom is -0.508 e. The molecular formula is C42H32O9. The number of aromatic hydroxyl groups is 7. The number of rotatable bonds is 4. The third kappa shape index (κ3) is 4.92. The summed E-state index contributed by atoms with van der Waals surface area (Å²) in [5, 5.41) is 74.5. The fourth-order valence-corrected chi connectivity index (χ4v) is 8.41. The molecular weight excluding hydrogens is 648 g/mol. The molecule has 0 radical (unpaired) electrons. The Morgan fingerprint density at radius 2 is 0.882 bits per heavy atom. The second-order valence-electron chi connectivity index (χ2n) is 13.5. The van der Waals surface area contributed by atoms with Crippen LogP contribution >= 0.6 is 0 Å². The molecule has 0 saturated heterocycles. The summed E-state index contributed by atoms with van der Waals surface area (Å²) in [6.07, 6.45) is -0.879. The average molecular weight is 681 g/mol. The van der Waals surface area contributed by atoms with Crippen LogP contribution in [0.3, 0.4) is 0 Å². The van der Waals surface area contributed by atoms with Gasteiger partial charge in [-0.05, 0) is 94.4 Å². The maximum Gasteiger partial charge on any atom is 0.135 e. The molecule has 6 aromatic carbocycles. The molecule has 0 spiro atoms. The highest BCUT2D eigenvalue weighted by Gasteiger charge is 2.49. The van der Waals surface area contributed by atoms with Gasteiger partial charge < -0.3 is 45.2 Å². The molecule has 9 heteroatoms. The summed E-state index contributed by atoms with van der Waals surface area (Å²) in [6.45, 7) is 0. The topological polar surface area (TPSA) is 160 Å². The number of phenolic OH excluding ortho intramolecular Hbond substituents is 7. The highest BCUT2D eigenvalue weighted by molar-refractivity contribution is 5.69. The van der Waals surface area contributed by atoms with Gasteiger partial charge in [0, 0.05) is 40.8 Å². The van der Waals surface area contributed by atoms with Crippen molar-refractivity contribution in [3.8, 4) is 51.7 Å². The summed E-state index contributed by atoms with van der Waals surface area (Å²) in [5.41, 5.74) is 6.79. The van der Waals surface area contributed by atoms with E-state index in [2.05, 4.69) is 0 Å². The molecule has 0 amide bonds. The van der Waals surface area contributed by atoms with Gasteiger partial charge in [-0.15, -0.1) is 0 Å². The normalized spacial score (nSPS) is 21.1. The van der Waals surface area contributed by atoms with Gasteiger partial charge in [-0.2, -0.15) is 0 Å². The fraction of sp³-hybridized carbons (Fsp3) is 0.143. The van der Waals surface area contributed by atoms with Crippen LogP contribution in [0.2, 0.25) is 0 Å². The van der Waals surface area contributed by atoms with Crippen LogP contribution in [0.25, 0.3) is 0 Å². The lowest BCUT2D eigenvalue weighted by molar-refractivity contribution is 0.212. The van der Waals surface area contributed by atoms with Crippen molar-refractivity contribution in [3.63, 3.8) is 0 Å². The zero-order valence-corrected chi connectivity index (χ0v) is 26.9. The lowest BCUT2D eigenvalue weighted by Crippen LogP contribution is -2.14. The van der Waals surface area contributed by atoms with Crippen molar-refractivity contribution in [1.82, 2.24) is 0 Å². The standard InChI is InChI=1S/C42H32O9/c43-24-7-1-20(2-8-24)30-18-32-38-34(50-41(21-3-9-25(44)10-4-21)36(38)23-13-27(46)15-28(47)14-23)19-35-39(32)40(31-16-29(48)17-33(49)37(30)31)42(51-35)22-5-11-26(45)12-6-22/h1-17,19,30,36,40-49H,18H2/t30-,36+,40-,41-,42+/m0/s1. The molecule has 6 aromatic rings. The Hall–Kier alpha value is -6.48. The second kappa shape index (κ2) is 11.3. The van der Waals surface area contributed by atoms with Crippen LogP contribution in [-0.4, -0.2) is 35.7 Å². The molecule has 3 aliphatic rings. The lowest BCUT2D eigenvalue weighted by atomic mass is 9.77. The van der Waals surface area contributed by atoms with Crippen molar-refractivity contribution in [3.05, 3.63) is 159 Å². The van der Waals surface area contributed by atoms with Crippen LogP contribution in [0.1, 0.15) is 80.0 Å². The van der Waals surface area contributed by atoms with E-state index >= 15 is 0 Å². The van der Waals surface area contributed by atoms with E-state index in [1.54, 1.807) is 78.9 Å². The summed E-state index contributed by atoms with van der Waals surface area (Å²) in [5.74, 6) is -0.529. The van der Waals surface area contributed by atoms with E-state index in [1.165, 1.54) is 12.1 Å². The second-order valence-corrected chi connectivity index (χ2v) is 13.5. The van der Waals surface area contributed by atoms with Gasteiger partial charge in [0.25, 0.3) is 0 Å².